The molecule has 0 N–H and O–H groups in total. The van der Waals surface area contributed by atoms with E-state index in [1.807, 2.05) is 0 Å². The van der Waals surface area contributed by atoms with Gasteiger partial charge in [0.15, 0.2) is 0 Å². The molecule has 2 aliphatic heterocycles. The minimum Gasteiger partial charge on any atom is -0.367 e. The Bertz CT molecular complexity index is 130. The lowest BCUT2D eigenvalue weighted by atomic mass is 10.1. The fraction of sp³-hybridized carbons (Fsp3) is 0.714. The molecule has 2 bridgehead atoms. The molecule has 2 heterocycles. The highest BCUT2D eigenvalue weighted by molar-refractivity contribution is 7.80. The topological polar surface area (TPSA) is 9.23 Å². The first-order chi connectivity index (χ1) is 4.34. The van der Waals surface area contributed by atoms with Crippen molar-refractivity contribution in [1.29, 1.82) is 0 Å². The van der Waals surface area contributed by atoms with Crippen LogP contribution < -0.4 is 0 Å². The second kappa shape index (κ2) is 2.03. The first-order valence-electron chi connectivity index (χ1n) is 3.36. The van der Waals surface area contributed by atoms with E-state index in [1.165, 1.54) is 0 Å². The monoisotopic (exact) mass is 142 g/mol. The lowest BCUT2D eigenvalue weighted by molar-refractivity contribution is 0.0238. The van der Waals surface area contributed by atoms with E-state index in [0.29, 0.717) is 17.5 Å². The normalized spacial score (nSPS) is 47.9. The van der Waals surface area contributed by atoms with Gasteiger partial charge in [-0.1, -0.05) is 12.2 Å². The van der Waals surface area contributed by atoms with Gasteiger partial charge in [-0.3, -0.25) is 0 Å². The predicted octanol–water partition coefficient (Wildman–Crippen LogP) is 1.40. The van der Waals surface area contributed by atoms with Crippen molar-refractivity contribution in [1.82, 2.24) is 0 Å². The van der Waals surface area contributed by atoms with Gasteiger partial charge >= 0.3 is 0 Å². The summed E-state index contributed by atoms with van der Waals surface area (Å²) in [6, 6.07) is 0. The van der Waals surface area contributed by atoms with Crippen LogP contribution in [0, 0.1) is 0 Å². The number of hydrogen-bond acceptors (Lipinski definition) is 2. The number of thiol groups is 1. The minimum absolute atomic E-state index is 0.381. The van der Waals surface area contributed by atoms with Crippen molar-refractivity contribution in [3.05, 3.63) is 12.2 Å². The van der Waals surface area contributed by atoms with Gasteiger partial charge in [0, 0.05) is 5.25 Å². The molecule has 0 spiro atoms. The van der Waals surface area contributed by atoms with Crippen LogP contribution in [0.25, 0.3) is 0 Å². The van der Waals surface area contributed by atoms with Crippen LogP contribution in [0.4, 0.5) is 0 Å². The van der Waals surface area contributed by atoms with Crippen molar-refractivity contribution in [2.75, 3.05) is 0 Å². The van der Waals surface area contributed by atoms with Crippen LogP contribution in [0.5, 0.6) is 0 Å². The molecule has 9 heavy (non-hydrogen) atoms. The summed E-state index contributed by atoms with van der Waals surface area (Å²) >= 11 is 4.40. The third kappa shape index (κ3) is 1.01. The third-order valence-electron chi connectivity index (χ3n) is 1.90. The van der Waals surface area contributed by atoms with E-state index >= 15 is 0 Å². The van der Waals surface area contributed by atoms with Gasteiger partial charge in [0.2, 0.25) is 0 Å². The van der Waals surface area contributed by atoms with E-state index in [2.05, 4.69) is 24.8 Å². The highest BCUT2D eigenvalue weighted by Gasteiger charge is 2.28. The number of hydrogen-bond donors (Lipinski definition) is 1. The van der Waals surface area contributed by atoms with Crippen molar-refractivity contribution in [2.45, 2.75) is 30.3 Å². The average molecular weight is 142 g/mol. The van der Waals surface area contributed by atoms with Crippen LogP contribution in [0.2, 0.25) is 0 Å². The Labute approximate surface area is 60.5 Å². The summed E-state index contributed by atoms with van der Waals surface area (Å²) < 4.78 is 5.51. The Morgan fingerprint density at radius 2 is 1.78 bits per heavy atom. The molecule has 0 aromatic heterocycles. The maximum atomic E-state index is 5.51. The van der Waals surface area contributed by atoms with E-state index in [9.17, 15) is 0 Å². The quantitative estimate of drug-likeness (QED) is 0.397. The van der Waals surface area contributed by atoms with E-state index in [4.69, 9.17) is 4.74 Å². The Morgan fingerprint density at radius 3 is 2.33 bits per heavy atom. The smallest absolute Gasteiger partial charge is 0.0775 e. The molecule has 0 radical (unpaired) electrons. The SMILES string of the molecule is SC1CC2C=CC(C1)O2. The molecule has 0 aliphatic carbocycles. The Morgan fingerprint density at radius 1 is 1.22 bits per heavy atom. The second-order valence-electron chi connectivity index (χ2n) is 2.72. The van der Waals surface area contributed by atoms with Gasteiger partial charge in [-0.05, 0) is 12.8 Å². The second-order valence-corrected chi connectivity index (χ2v) is 3.45. The van der Waals surface area contributed by atoms with Gasteiger partial charge in [0.05, 0.1) is 12.2 Å². The lowest BCUT2D eigenvalue weighted by Gasteiger charge is -2.24. The first-order valence-corrected chi connectivity index (χ1v) is 3.88. The molecule has 1 nitrogen and oxygen atoms in total. The molecule has 1 fully saturated rings. The number of rotatable bonds is 0. The van der Waals surface area contributed by atoms with E-state index in [0.717, 1.165) is 12.8 Å². The van der Waals surface area contributed by atoms with Gasteiger partial charge in [-0.2, -0.15) is 12.6 Å². The maximum Gasteiger partial charge on any atom is 0.0775 e. The summed E-state index contributed by atoms with van der Waals surface area (Å²) in [6.07, 6.45) is 7.26. The highest BCUT2D eigenvalue weighted by Crippen LogP contribution is 2.29. The summed E-state index contributed by atoms with van der Waals surface area (Å²) in [5.41, 5.74) is 0. The predicted molar refractivity (Wildman–Crippen MR) is 39.8 cm³/mol. The molecule has 2 heteroatoms. The van der Waals surface area contributed by atoms with E-state index in [1.54, 1.807) is 0 Å². The molecule has 0 aromatic carbocycles. The van der Waals surface area contributed by atoms with Crippen LogP contribution >= 0.6 is 12.6 Å². The standard InChI is InChI=1S/C7H10OS/c9-7-3-5-1-2-6(4-7)8-5/h1-2,5-7,9H,3-4H2. The van der Waals surface area contributed by atoms with Crippen LogP contribution in [-0.4, -0.2) is 17.5 Å². The van der Waals surface area contributed by atoms with Crippen molar-refractivity contribution in [3.63, 3.8) is 0 Å². The largest absolute Gasteiger partial charge is 0.367 e. The van der Waals surface area contributed by atoms with Crippen LogP contribution in [0.3, 0.4) is 0 Å². The zero-order valence-electron chi connectivity index (χ0n) is 5.16. The van der Waals surface area contributed by atoms with Crippen molar-refractivity contribution in [2.24, 2.45) is 0 Å². The molecule has 0 aromatic rings. The first kappa shape index (κ1) is 5.81. The van der Waals surface area contributed by atoms with Crippen LogP contribution in [-0.2, 0) is 4.74 Å². The molecule has 0 amide bonds. The summed E-state index contributed by atoms with van der Waals surface area (Å²) in [6.45, 7) is 0. The lowest BCUT2D eigenvalue weighted by Crippen LogP contribution is -2.25. The van der Waals surface area contributed by atoms with Crippen LogP contribution in [0.1, 0.15) is 12.8 Å². The van der Waals surface area contributed by atoms with E-state index in [-0.39, 0.29) is 0 Å². The molecule has 2 aliphatic rings. The van der Waals surface area contributed by atoms with Gasteiger partial charge < -0.3 is 4.74 Å². The van der Waals surface area contributed by atoms with Crippen molar-refractivity contribution in [3.8, 4) is 0 Å². The van der Waals surface area contributed by atoms with Gasteiger partial charge in [0.1, 0.15) is 0 Å². The number of ether oxygens (including phenoxy) is 1. The number of fused-ring (bicyclic) bond motifs is 2. The Hall–Kier alpha value is 0.0500. The molecule has 0 saturated carbocycles. The van der Waals surface area contributed by atoms with E-state index < -0.39 is 0 Å². The van der Waals surface area contributed by atoms with Gasteiger partial charge in [-0.15, -0.1) is 0 Å². The third-order valence-corrected chi connectivity index (χ3v) is 2.32. The fourth-order valence-electron chi connectivity index (χ4n) is 1.46. The summed E-state index contributed by atoms with van der Waals surface area (Å²) in [5.74, 6) is 0. The molecule has 50 valence electrons. The fourth-order valence-corrected chi connectivity index (χ4v) is 1.88. The molecule has 1 saturated heterocycles. The molecular weight excluding hydrogens is 132 g/mol. The molecule has 2 rings (SSSR count). The van der Waals surface area contributed by atoms with Crippen LogP contribution in [0.15, 0.2) is 12.2 Å². The molecule has 2 unspecified atom stereocenters. The Balaban J connectivity index is 2.10. The zero-order chi connectivity index (χ0) is 6.27. The minimum atomic E-state index is 0.381. The summed E-state index contributed by atoms with van der Waals surface area (Å²) in [7, 11) is 0. The average Bonchev–Trinajstić information content (AvgIpc) is 2.11. The zero-order valence-corrected chi connectivity index (χ0v) is 6.05. The van der Waals surface area contributed by atoms with Gasteiger partial charge in [0.25, 0.3) is 0 Å². The molecular formula is C7H10OS. The van der Waals surface area contributed by atoms with Gasteiger partial charge in [-0.25, -0.2) is 0 Å². The van der Waals surface area contributed by atoms with Crippen molar-refractivity contribution >= 4 is 12.6 Å². The Kier molecular flexibility index (Phi) is 1.31. The van der Waals surface area contributed by atoms with Crippen molar-refractivity contribution < 1.29 is 4.74 Å². The summed E-state index contributed by atoms with van der Waals surface area (Å²) in [4.78, 5) is 0. The molecule has 2 atom stereocenters. The highest BCUT2D eigenvalue weighted by atomic mass is 32.1. The maximum absolute atomic E-state index is 5.51. The summed E-state index contributed by atoms with van der Waals surface area (Å²) in [5, 5.41) is 0.559.